The Balaban J connectivity index is 1.54. The summed E-state index contributed by atoms with van der Waals surface area (Å²) in [6.07, 6.45) is 2.02. The van der Waals surface area contributed by atoms with Gasteiger partial charge in [-0.05, 0) is 48.2 Å². The highest BCUT2D eigenvalue weighted by atomic mass is 16.5. The van der Waals surface area contributed by atoms with Crippen molar-refractivity contribution in [3.8, 4) is 16.9 Å². The molecule has 2 aromatic rings. The van der Waals surface area contributed by atoms with Crippen molar-refractivity contribution < 1.29 is 19.4 Å². The summed E-state index contributed by atoms with van der Waals surface area (Å²) in [7, 11) is 3.23. The number of fused-ring (bicyclic) bond motifs is 1. The first kappa shape index (κ1) is 21.8. The molecule has 0 aliphatic carbocycles. The average molecular weight is 425 g/mol. The van der Waals surface area contributed by atoms with E-state index in [1.54, 1.807) is 14.2 Å². The van der Waals surface area contributed by atoms with Crippen LogP contribution < -0.4 is 4.74 Å². The van der Waals surface area contributed by atoms with Gasteiger partial charge in [0.1, 0.15) is 12.4 Å². The van der Waals surface area contributed by atoms with Crippen LogP contribution in [0.1, 0.15) is 24.3 Å². The summed E-state index contributed by atoms with van der Waals surface area (Å²) in [5.41, 5.74) is 3.51. The smallest absolute Gasteiger partial charge is 0.248 e. The van der Waals surface area contributed by atoms with Crippen LogP contribution in [0, 0.1) is 0 Å². The van der Waals surface area contributed by atoms with Crippen LogP contribution in [0.2, 0.25) is 0 Å². The number of amides is 1. The summed E-state index contributed by atoms with van der Waals surface area (Å²) >= 11 is 0. The third kappa shape index (κ3) is 4.47. The van der Waals surface area contributed by atoms with Crippen molar-refractivity contribution in [3.63, 3.8) is 0 Å². The first-order chi connectivity index (χ1) is 15.2. The number of methoxy groups -OCH3 is 2. The van der Waals surface area contributed by atoms with Crippen LogP contribution in [0.15, 0.2) is 48.5 Å². The second kappa shape index (κ2) is 9.81. The first-order valence-electron chi connectivity index (χ1n) is 11.0. The molecule has 2 fully saturated rings. The standard InChI is InChI=1S/C25H32N2O4/c1-30-17-24(29)26-13-3-4-14-27-22(15-26)25(23(27)16-28)20-7-5-18(6-8-20)19-9-11-21(31-2)12-10-19/h5-12,22-23,25,28H,3-4,13-17H2,1-2H3/t22-,23+,25+/m0/s1. The van der Waals surface area contributed by atoms with E-state index in [2.05, 4.69) is 41.3 Å². The maximum atomic E-state index is 12.5. The number of carbonyl (C=O) groups excluding carboxylic acids is 1. The normalized spacial score (nSPS) is 24.0. The lowest BCUT2D eigenvalue weighted by Gasteiger charge is -2.57. The molecule has 0 radical (unpaired) electrons. The van der Waals surface area contributed by atoms with Crippen LogP contribution in [0.25, 0.3) is 11.1 Å². The second-order valence-corrected chi connectivity index (χ2v) is 8.41. The van der Waals surface area contributed by atoms with Gasteiger partial charge in [-0.25, -0.2) is 0 Å². The van der Waals surface area contributed by atoms with Crippen LogP contribution in [-0.4, -0.2) is 80.0 Å². The fourth-order valence-corrected chi connectivity index (χ4v) is 5.06. The van der Waals surface area contributed by atoms with Crippen molar-refractivity contribution in [2.24, 2.45) is 0 Å². The number of hydrogen-bond donors (Lipinski definition) is 1. The topological polar surface area (TPSA) is 62.2 Å². The molecule has 0 saturated carbocycles. The van der Waals surface area contributed by atoms with Gasteiger partial charge in [-0.1, -0.05) is 36.4 Å². The Labute approximate surface area is 184 Å². The summed E-state index contributed by atoms with van der Waals surface area (Å²) in [6, 6.07) is 17.0. The summed E-state index contributed by atoms with van der Waals surface area (Å²) in [5, 5.41) is 10.1. The zero-order valence-electron chi connectivity index (χ0n) is 18.4. The fraction of sp³-hybridized carbons (Fsp3) is 0.480. The Hall–Kier alpha value is -2.41. The van der Waals surface area contributed by atoms with Crippen LogP contribution >= 0.6 is 0 Å². The van der Waals surface area contributed by atoms with E-state index in [-0.39, 0.29) is 37.1 Å². The number of benzene rings is 2. The van der Waals surface area contributed by atoms with Gasteiger partial charge >= 0.3 is 0 Å². The molecule has 2 heterocycles. The molecule has 2 aliphatic rings. The Morgan fingerprint density at radius 2 is 1.65 bits per heavy atom. The third-order valence-corrected chi connectivity index (χ3v) is 6.71. The average Bonchev–Trinajstić information content (AvgIpc) is 2.78. The van der Waals surface area contributed by atoms with Crippen LogP contribution in [0.3, 0.4) is 0 Å². The van der Waals surface area contributed by atoms with E-state index in [0.29, 0.717) is 6.54 Å². The van der Waals surface area contributed by atoms with Gasteiger partial charge in [0.05, 0.1) is 13.7 Å². The predicted octanol–water partition coefficient (Wildman–Crippen LogP) is 2.76. The highest BCUT2D eigenvalue weighted by Gasteiger charge is 2.49. The van der Waals surface area contributed by atoms with Crippen LogP contribution in [0.4, 0.5) is 0 Å². The molecule has 0 aromatic heterocycles. The number of rotatable bonds is 6. The zero-order chi connectivity index (χ0) is 21.8. The highest BCUT2D eigenvalue weighted by molar-refractivity contribution is 5.77. The van der Waals surface area contributed by atoms with Crippen molar-refractivity contribution in [1.82, 2.24) is 9.80 Å². The molecular weight excluding hydrogens is 392 g/mol. The van der Waals surface area contributed by atoms with Gasteiger partial charge in [-0.2, -0.15) is 0 Å². The van der Waals surface area contributed by atoms with Crippen molar-refractivity contribution >= 4 is 5.91 Å². The number of ether oxygens (including phenoxy) is 2. The summed E-state index contributed by atoms with van der Waals surface area (Å²) in [5.74, 6) is 1.11. The maximum absolute atomic E-state index is 12.5. The summed E-state index contributed by atoms with van der Waals surface area (Å²) in [6.45, 7) is 2.69. The van der Waals surface area contributed by atoms with E-state index in [4.69, 9.17) is 9.47 Å². The molecule has 166 valence electrons. The van der Waals surface area contributed by atoms with Crippen LogP contribution in [-0.2, 0) is 9.53 Å². The van der Waals surface area contributed by atoms with E-state index in [1.165, 1.54) is 5.56 Å². The first-order valence-corrected chi connectivity index (χ1v) is 11.0. The largest absolute Gasteiger partial charge is 0.497 e. The molecule has 1 amide bonds. The minimum atomic E-state index is 0.0467. The van der Waals surface area contributed by atoms with E-state index in [1.807, 2.05) is 17.0 Å². The number of aliphatic hydroxyl groups is 1. The lowest BCUT2D eigenvalue weighted by molar-refractivity contribution is -0.140. The molecule has 0 spiro atoms. The maximum Gasteiger partial charge on any atom is 0.248 e. The minimum absolute atomic E-state index is 0.0467. The summed E-state index contributed by atoms with van der Waals surface area (Å²) in [4.78, 5) is 16.8. The van der Waals surface area contributed by atoms with E-state index in [0.717, 1.165) is 42.8 Å². The molecule has 6 heteroatoms. The fourth-order valence-electron chi connectivity index (χ4n) is 5.06. The molecule has 0 bridgehead atoms. The second-order valence-electron chi connectivity index (χ2n) is 8.41. The van der Waals surface area contributed by atoms with Crippen molar-refractivity contribution in [3.05, 3.63) is 54.1 Å². The molecule has 6 nitrogen and oxygen atoms in total. The number of hydrogen-bond acceptors (Lipinski definition) is 5. The summed E-state index contributed by atoms with van der Waals surface area (Å²) < 4.78 is 10.3. The molecule has 1 N–H and O–H groups in total. The van der Waals surface area contributed by atoms with E-state index < -0.39 is 0 Å². The molecule has 2 saturated heterocycles. The van der Waals surface area contributed by atoms with Crippen molar-refractivity contribution in [2.45, 2.75) is 30.8 Å². The molecule has 4 rings (SSSR count). The van der Waals surface area contributed by atoms with Crippen molar-refractivity contribution in [1.29, 1.82) is 0 Å². The highest BCUT2D eigenvalue weighted by Crippen LogP contribution is 2.42. The molecule has 3 atom stereocenters. The number of aliphatic hydroxyl groups excluding tert-OH is 1. The lowest BCUT2D eigenvalue weighted by Crippen LogP contribution is -2.68. The zero-order valence-corrected chi connectivity index (χ0v) is 18.4. The van der Waals surface area contributed by atoms with Gasteiger partial charge in [0.2, 0.25) is 5.91 Å². The Morgan fingerprint density at radius 1 is 1.00 bits per heavy atom. The van der Waals surface area contributed by atoms with E-state index in [9.17, 15) is 9.90 Å². The van der Waals surface area contributed by atoms with Gasteiger partial charge in [0.25, 0.3) is 0 Å². The van der Waals surface area contributed by atoms with Crippen molar-refractivity contribution in [2.75, 3.05) is 47.1 Å². The van der Waals surface area contributed by atoms with E-state index >= 15 is 0 Å². The molecule has 31 heavy (non-hydrogen) atoms. The molecular formula is C25H32N2O4. The Kier molecular flexibility index (Phi) is 6.90. The monoisotopic (exact) mass is 424 g/mol. The molecule has 0 unspecified atom stereocenters. The SMILES string of the molecule is COCC(=O)N1CCCCN2[C@H](CO)[C@H](c3ccc(-c4ccc(OC)cc4)cc3)[C@@H]2C1. The Morgan fingerprint density at radius 3 is 2.26 bits per heavy atom. The van der Waals surface area contributed by atoms with Gasteiger partial charge in [0.15, 0.2) is 0 Å². The number of carbonyl (C=O) groups is 1. The Bertz CT molecular complexity index is 868. The quantitative estimate of drug-likeness (QED) is 0.773. The number of nitrogens with zero attached hydrogens (tertiary/aromatic N) is 2. The lowest BCUT2D eigenvalue weighted by atomic mass is 9.74. The predicted molar refractivity (Wildman–Crippen MR) is 120 cm³/mol. The van der Waals surface area contributed by atoms with Crippen LogP contribution in [0.5, 0.6) is 5.75 Å². The minimum Gasteiger partial charge on any atom is -0.497 e. The molecule has 2 aliphatic heterocycles. The third-order valence-electron chi connectivity index (χ3n) is 6.71. The van der Waals surface area contributed by atoms with Gasteiger partial charge in [-0.3, -0.25) is 9.69 Å². The molecule has 2 aromatic carbocycles. The van der Waals surface area contributed by atoms with Gasteiger partial charge < -0.3 is 19.5 Å². The van der Waals surface area contributed by atoms with Gasteiger partial charge in [-0.15, -0.1) is 0 Å². The van der Waals surface area contributed by atoms with Gasteiger partial charge in [0, 0.05) is 38.2 Å².